The fourth-order valence-electron chi connectivity index (χ4n) is 1.07. The maximum absolute atomic E-state index is 12.6. The van der Waals surface area contributed by atoms with Gasteiger partial charge in [0.05, 0.1) is 12.7 Å². The molecule has 0 heterocycles. The molecule has 8 heteroatoms. The number of hydrogen-bond acceptors (Lipinski definition) is 3. The number of rotatable bonds is 2. The lowest BCUT2D eigenvalue weighted by Crippen LogP contribution is -2.11. The van der Waals surface area contributed by atoms with E-state index in [4.69, 9.17) is 0 Å². The van der Waals surface area contributed by atoms with Gasteiger partial charge in [-0.2, -0.15) is 21.6 Å². The maximum Gasteiger partial charge on any atom is 0.417 e. The Balaban J connectivity index is 3.52. The molecule has 0 aliphatic rings. The molecule has 0 aromatic heterocycles. The van der Waals surface area contributed by atoms with E-state index in [0.717, 1.165) is 13.2 Å². The lowest BCUT2D eigenvalue weighted by atomic mass is 10.2. The van der Waals surface area contributed by atoms with Crippen LogP contribution >= 0.6 is 0 Å². The van der Waals surface area contributed by atoms with E-state index in [9.17, 15) is 25.5 Å². The molecule has 0 saturated carbocycles. The van der Waals surface area contributed by atoms with Crippen LogP contribution in [0.2, 0.25) is 0 Å². The summed E-state index contributed by atoms with van der Waals surface area (Å²) < 4.78 is 75.3. The minimum atomic E-state index is -5.42. The molecule has 0 fully saturated rings. The molecule has 0 unspecified atom stereocenters. The molecule has 3 nitrogen and oxygen atoms in total. The van der Waals surface area contributed by atoms with Crippen LogP contribution in [-0.4, -0.2) is 15.5 Å². The van der Waals surface area contributed by atoms with Crippen LogP contribution in [0, 0.1) is 0 Å². The molecule has 0 aliphatic carbocycles. The predicted molar refractivity (Wildman–Crippen MR) is 46.3 cm³/mol. The van der Waals surface area contributed by atoms with E-state index >= 15 is 0 Å². The summed E-state index contributed by atoms with van der Waals surface area (Å²) in [6.45, 7) is 0. The topological polar surface area (TPSA) is 43.4 Å². The molecular formula is C8H6F4O3S. The largest absolute Gasteiger partial charge is 0.497 e. The number of benzene rings is 1. The van der Waals surface area contributed by atoms with Gasteiger partial charge >= 0.3 is 16.4 Å². The standard InChI is InChI=1S/C8H6F4O3S/c1-15-5-2-3-7(16(12,13)14)6(4-5)8(9,10)11/h2-4H,1H3. The fourth-order valence-corrected chi connectivity index (χ4v) is 1.74. The van der Waals surface area contributed by atoms with Gasteiger partial charge in [-0.25, -0.2) is 0 Å². The molecular weight excluding hydrogens is 252 g/mol. The van der Waals surface area contributed by atoms with Crippen molar-refractivity contribution in [3.8, 4) is 5.75 Å². The van der Waals surface area contributed by atoms with Crippen molar-refractivity contribution < 1.29 is 30.2 Å². The SMILES string of the molecule is COc1ccc(S(=O)(=O)F)c(C(F)(F)F)c1. The lowest BCUT2D eigenvalue weighted by Gasteiger charge is -2.11. The van der Waals surface area contributed by atoms with Gasteiger partial charge in [0.15, 0.2) is 0 Å². The Morgan fingerprint density at radius 3 is 2.19 bits per heavy atom. The summed E-state index contributed by atoms with van der Waals surface area (Å²) in [5.74, 6) is -0.209. The Morgan fingerprint density at radius 2 is 1.81 bits per heavy atom. The first kappa shape index (κ1) is 12.8. The number of halogens is 4. The Labute approximate surface area is 88.9 Å². The first-order chi connectivity index (χ1) is 7.16. The normalized spacial score (nSPS) is 12.6. The van der Waals surface area contributed by atoms with Crippen LogP contribution in [0.4, 0.5) is 17.1 Å². The highest BCUT2D eigenvalue weighted by Gasteiger charge is 2.37. The maximum atomic E-state index is 12.6. The summed E-state index contributed by atoms with van der Waals surface area (Å²) in [4.78, 5) is -1.42. The van der Waals surface area contributed by atoms with Gasteiger partial charge < -0.3 is 4.74 Å². The highest BCUT2D eigenvalue weighted by molar-refractivity contribution is 7.86. The van der Waals surface area contributed by atoms with E-state index in [0.29, 0.717) is 12.1 Å². The van der Waals surface area contributed by atoms with Crippen LogP contribution in [0.5, 0.6) is 5.75 Å². The van der Waals surface area contributed by atoms with Crippen molar-refractivity contribution in [2.75, 3.05) is 7.11 Å². The molecule has 0 amide bonds. The van der Waals surface area contributed by atoms with Gasteiger partial charge in [0.2, 0.25) is 0 Å². The second-order valence-electron chi connectivity index (χ2n) is 2.80. The number of hydrogen-bond donors (Lipinski definition) is 0. The Kier molecular flexibility index (Phi) is 3.13. The molecule has 1 rings (SSSR count). The van der Waals surface area contributed by atoms with Crippen LogP contribution in [0.15, 0.2) is 23.1 Å². The summed E-state index contributed by atoms with van der Waals surface area (Å²) in [6, 6.07) is 1.87. The quantitative estimate of drug-likeness (QED) is 0.604. The smallest absolute Gasteiger partial charge is 0.417 e. The van der Waals surface area contributed by atoms with Gasteiger partial charge in [0.25, 0.3) is 0 Å². The summed E-state index contributed by atoms with van der Waals surface area (Å²) in [5, 5.41) is 0. The average Bonchev–Trinajstić information content (AvgIpc) is 2.14. The van der Waals surface area contributed by atoms with Crippen molar-refractivity contribution in [1.29, 1.82) is 0 Å². The van der Waals surface area contributed by atoms with Crippen LogP contribution < -0.4 is 4.74 Å². The molecule has 0 saturated heterocycles. The zero-order valence-corrected chi connectivity index (χ0v) is 8.69. The van der Waals surface area contributed by atoms with Crippen molar-refractivity contribution in [3.05, 3.63) is 23.8 Å². The molecule has 0 bridgehead atoms. The monoisotopic (exact) mass is 258 g/mol. The molecule has 1 aromatic carbocycles. The van der Waals surface area contributed by atoms with E-state index < -0.39 is 26.9 Å². The molecule has 0 spiro atoms. The summed E-state index contributed by atoms with van der Waals surface area (Å²) in [6.07, 6.45) is -4.97. The van der Waals surface area contributed by atoms with Crippen molar-refractivity contribution in [2.45, 2.75) is 11.1 Å². The minimum Gasteiger partial charge on any atom is -0.497 e. The van der Waals surface area contributed by atoms with Gasteiger partial charge in [-0.3, -0.25) is 0 Å². The van der Waals surface area contributed by atoms with Crippen molar-refractivity contribution in [2.24, 2.45) is 0 Å². The minimum absolute atomic E-state index is 0.209. The molecule has 0 aliphatic heterocycles. The summed E-state index contributed by atoms with van der Waals surface area (Å²) >= 11 is 0. The van der Waals surface area contributed by atoms with Gasteiger partial charge in [-0.15, -0.1) is 3.89 Å². The summed E-state index contributed by atoms with van der Waals surface area (Å²) in [5.41, 5.74) is -1.59. The van der Waals surface area contributed by atoms with Crippen molar-refractivity contribution >= 4 is 10.2 Å². The van der Waals surface area contributed by atoms with Crippen molar-refractivity contribution in [1.82, 2.24) is 0 Å². The Morgan fingerprint density at radius 1 is 1.25 bits per heavy atom. The second kappa shape index (κ2) is 3.93. The van der Waals surface area contributed by atoms with E-state index in [1.807, 2.05) is 0 Å². The summed E-state index contributed by atoms with van der Waals surface area (Å²) in [7, 11) is -4.31. The van der Waals surface area contributed by atoms with Gasteiger partial charge in [0, 0.05) is 0 Å². The molecule has 0 radical (unpaired) electrons. The third kappa shape index (κ3) is 2.63. The zero-order valence-electron chi connectivity index (χ0n) is 7.88. The average molecular weight is 258 g/mol. The molecule has 16 heavy (non-hydrogen) atoms. The zero-order chi connectivity index (χ0) is 12.6. The van der Waals surface area contributed by atoms with Crippen LogP contribution in [0.3, 0.4) is 0 Å². The van der Waals surface area contributed by atoms with Gasteiger partial charge in [0.1, 0.15) is 10.6 Å². The van der Waals surface area contributed by atoms with E-state index in [1.54, 1.807) is 0 Å². The third-order valence-electron chi connectivity index (χ3n) is 1.75. The Bertz CT molecular complexity index is 492. The first-order valence-electron chi connectivity index (χ1n) is 3.86. The fraction of sp³-hybridized carbons (Fsp3) is 0.250. The van der Waals surface area contributed by atoms with E-state index in [1.165, 1.54) is 0 Å². The first-order valence-corrected chi connectivity index (χ1v) is 5.24. The van der Waals surface area contributed by atoms with Gasteiger partial charge in [-0.1, -0.05) is 0 Å². The molecule has 90 valence electrons. The van der Waals surface area contributed by atoms with Crippen LogP contribution in [-0.2, 0) is 16.4 Å². The van der Waals surface area contributed by atoms with Crippen LogP contribution in [0.25, 0.3) is 0 Å². The number of alkyl halides is 3. The molecule has 1 aromatic rings. The predicted octanol–water partition coefficient (Wildman–Crippen LogP) is 2.37. The highest BCUT2D eigenvalue weighted by Crippen LogP contribution is 2.36. The lowest BCUT2D eigenvalue weighted by molar-refractivity contribution is -0.140. The second-order valence-corrected chi connectivity index (χ2v) is 4.11. The van der Waals surface area contributed by atoms with Gasteiger partial charge in [-0.05, 0) is 18.2 Å². The van der Waals surface area contributed by atoms with E-state index in [2.05, 4.69) is 4.74 Å². The molecule has 0 atom stereocenters. The number of methoxy groups -OCH3 is 1. The van der Waals surface area contributed by atoms with E-state index in [-0.39, 0.29) is 5.75 Å². The van der Waals surface area contributed by atoms with Crippen molar-refractivity contribution in [3.63, 3.8) is 0 Å². The number of ether oxygens (including phenoxy) is 1. The molecule has 0 N–H and O–H groups in total. The third-order valence-corrected chi connectivity index (χ3v) is 2.64. The highest BCUT2D eigenvalue weighted by atomic mass is 32.3. The Hall–Kier alpha value is -1.31. The van der Waals surface area contributed by atoms with Crippen LogP contribution in [0.1, 0.15) is 5.56 Å².